The molecule has 0 spiro atoms. The molecule has 2 rings (SSSR count). The average molecular weight is 333 g/mol. The van der Waals surface area contributed by atoms with Gasteiger partial charge in [-0.2, -0.15) is 0 Å². The first-order valence-electron chi connectivity index (χ1n) is 6.14. The lowest BCUT2D eigenvalue weighted by atomic mass is 10.1. The van der Waals surface area contributed by atoms with Crippen LogP contribution in [0.15, 0.2) is 59.1 Å². The first kappa shape index (κ1) is 14.5. The molecule has 102 valence electrons. The van der Waals surface area contributed by atoms with Gasteiger partial charge in [-0.15, -0.1) is 0 Å². The van der Waals surface area contributed by atoms with Gasteiger partial charge in [-0.3, -0.25) is 4.79 Å². The van der Waals surface area contributed by atoms with E-state index in [1.54, 1.807) is 49.4 Å². The van der Waals surface area contributed by atoms with Crippen LogP contribution >= 0.6 is 15.9 Å². The third-order valence-corrected chi connectivity index (χ3v) is 3.26. The van der Waals surface area contributed by atoms with E-state index in [0.717, 1.165) is 4.47 Å². The number of esters is 1. The van der Waals surface area contributed by atoms with Crippen molar-refractivity contribution >= 4 is 27.7 Å². The van der Waals surface area contributed by atoms with Gasteiger partial charge in [-0.05, 0) is 25.1 Å². The van der Waals surface area contributed by atoms with Crippen LogP contribution in [0.3, 0.4) is 0 Å². The number of hydrogen-bond donors (Lipinski definition) is 0. The van der Waals surface area contributed by atoms with Crippen LogP contribution in [0.25, 0.3) is 0 Å². The number of ether oxygens (including phenoxy) is 1. The molecule has 0 amide bonds. The van der Waals surface area contributed by atoms with Crippen molar-refractivity contribution < 1.29 is 14.3 Å². The number of halogens is 1. The van der Waals surface area contributed by atoms with Crippen molar-refractivity contribution in [2.75, 3.05) is 0 Å². The van der Waals surface area contributed by atoms with Crippen LogP contribution in [0.1, 0.15) is 27.6 Å². The highest BCUT2D eigenvalue weighted by atomic mass is 79.9. The number of benzene rings is 2. The number of carbonyl (C=O) groups excluding carboxylic acids is 2. The van der Waals surface area contributed by atoms with Crippen molar-refractivity contribution in [1.82, 2.24) is 0 Å². The Balaban J connectivity index is 2.06. The van der Waals surface area contributed by atoms with Gasteiger partial charge in [0.25, 0.3) is 0 Å². The number of hydrogen-bond acceptors (Lipinski definition) is 3. The zero-order chi connectivity index (χ0) is 14.5. The van der Waals surface area contributed by atoms with Crippen molar-refractivity contribution in [3.63, 3.8) is 0 Å². The summed E-state index contributed by atoms with van der Waals surface area (Å²) >= 11 is 3.29. The van der Waals surface area contributed by atoms with E-state index in [2.05, 4.69) is 15.9 Å². The maximum Gasteiger partial charge on any atom is 0.338 e. The monoisotopic (exact) mass is 332 g/mol. The van der Waals surface area contributed by atoms with Crippen LogP contribution in [0.2, 0.25) is 0 Å². The maximum atomic E-state index is 12.1. The summed E-state index contributed by atoms with van der Waals surface area (Å²) in [7, 11) is 0. The summed E-state index contributed by atoms with van der Waals surface area (Å²) in [4.78, 5) is 24.0. The summed E-state index contributed by atoms with van der Waals surface area (Å²) in [6, 6.07) is 15.6. The van der Waals surface area contributed by atoms with E-state index in [-0.39, 0.29) is 5.78 Å². The lowest BCUT2D eigenvalue weighted by Crippen LogP contribution is -2.24. The van der Waals surface area contributed by atoms with Crippen LogP contribution in [0.5, 0.6) is 0 Å². The number of rotatable bonds is 4. The molecule has 1 unspecified atom stereocenters. The minimum atomic E-state index is -0.816. The average Bonchev–Trinajstić information content (AvgIpc) is 2.47. The molecule has 2 aromatic rings. The molecular formula is C16H13BrO3. The highest BCUT2D eigenvalue weighted by Crippen LogP contribution is 2.14. The predicted molar refractivity (Wildman–Crippen MR) is 79.8 cm³/mol. The topological polar surface area (TPSA) is 43.4 Å². The molecule has 0 bridgehead atoms. The second-order valence-corrected chi connectivity index (χ2v) is 5.20. The Labute approximate surface area is 125 Å². The van der Waals surface area contributed by atoms with Crippen LogP contribution < -0.4 is 0 Å². The van der Waals surface area contributed by atoms with Crippen LogP contribution in [0, 0.1) is 0 Å². The Morgan fingerprint density at radius 3 is 2.30 bits per heavy atom. The van der Waals surface area contributed by atoms with Crippen LogP contribution in [-0.2, 0) is 4.74 Å². The molecule has 0 fully saturated rings. The Bertz CT molecular complexity index is 623. The fraction of sp³-hybridized carbons (Fsp3) is 0.125. The van der Waals surface area contributed by atoms with Crippen molar-refractivity contribution in [2.24, 2.45) is 0 Å². The van der Waals surface area contributed by atoms with Gasteiger partial charge in [0.15, 0.2) is 6.10 Å². The van der Waals surface area contributed by atoms with Gasteiger partial charge in [-0.1, -0.05) is 52.3 Å². The summed E-state index contributed by atoms with van der Waals surface area (Å²) in [5.41, 5.74) is 0.939. The first-order chi connectivity index (χ1) is 9.58. The minimum absolute atomic E-state index is 0.214. The van der Waals surface area contributed by atoms with E-state index in [4.69, 9.17) is 4.74 Å². The molecular weight excluding hydrogens is 320 g/mol. The molecule has 0 aliphatic rings. The van der Waals surface area contributed by atoms with Crippen LogP contribution in [-0.4, -0.2) is 17.9 Å². The van der Waals surface area contributed by atoms with Gasteiger partial charge < -0.3 is 4.74 Å². The molecule has 0 saturated heterocycles. The molecule has 0 saturated carbocycles. The van der Waals surface area contributed by atoms with E-state index in [1.165, 1.54) is 0 Å². The predicted octanol–water partition coefficient (Wildman–Crippen LogP) is 3.88. The molecule has 1 atom stereocenters. The van der Waals surface area contributed by atoms with Crippen LogP contribution in [0.4, 0.5) is 0 Å². The summed E-state index contributed by atoms with van der Waals surface area (Å²) < 4.78 is 5.98. The molecule has 0 radical (unpaired) electrons. The summed E-state index contributed by atoms with van der Waals surface area (Å²) in [6.07, 6.45) is -0.816. The molecule has 3 nitrogen and oxygen atoms in total. The Morgan fingerprint density at radius 2 is 1.65 bits per heavy atom. The molecule has 0 aliphatic carbocycles. The molecule has 0 N–H and O–H groups in total. The molecule has 20 heavy (non-hydrogen) atoms. The Kier molecular flexibility index (Phi) is 4.69. The maximum absolute atomic E-state index is 12.1. The van der Waals surface area contributed by atoms with Gasteiger partial charge in [0.1, 0.15) is 0 Å². The summed E-state index contributed by atoms with van der Waals surface area (Å²) in [5.74, 6) is -0.725. The molecule has 0 aromatic heterocycles. The zero-order valence-electron chi connectivity index (χ0n) is 10.9. The van der Waals surface area contributed by atoms with Gasteiger partial charge in [0.05, 0.1) is 5.56 Å². The summed E-state index contributed by atoms with van der Waals surface area (Å²) in [6.45, 7) is 1.57. The van der Waals surface area contributed by atoms with Crippen molar-refractivity contribution in [3.8, 4) is 0 Å². The molecule has 0 heterocycles. The standard InChI is InChI=1S/C16H13BrO3/c1-11(15(18)12-6-3-2-4-7-12)20-16(19)13-8-5-9-14(17)10-13/h2-11H,1H3. The smallest absolute Gasteiger partial charge is 0.338 e. The lowest BCUT2D eigenvalue weighted by molar-refractivity contribution is 0.0319. The molecule has 0 aliphatic heterocycles. The van der Waals surface area contributed by atoms with Crippen molar-refractivity contribution in [1.29, 1.82) is 0 Å². The zero-order valence-corrected chi connectivity index (χ0v) is 12.5. The molecule has 2 aromatic carbocycles. The number of carbonyl (C=O) groups is 2. The highest BCUT2D eigenvalue weighted by Gasteiger charge is 2.20. The van der Waals surface area contributed by atoms with Crippen molar-refractivity contribution in [3.05, 3.63) is 70.2 Å². The number of Topliss-reactive ketones (excluding diaryl/α,β-unsaturated/α-hetero) is 1. The normalized spacial score (nSPS) is 11.7. The largest absolute Gasteiger partial charge is 0.451 e. The van der Waals surface area contributed by atoms with E-state index >= 15 is 0 Å². The van der Waals surface area contributed by atoms with E-state index < -0.39 is 12.1 Å². The third-order valence-electron chi connectivity index (χ3n) is 2.77. The highest BCUT2D eigenvalue weighted by molar-refractivity contribution is 9.10. The SMILES string of the molecule is CC(OC(=O)c1cccc(Br)c1)C(=O)c1ccccc1. The minimum Gasteiger partial charge on any atom is -0.451 e. The van der Waals surface area contributed by atoms with E-state index in [9.17, 15) is 9.59 Å². The number of ketones is 1. The Hall–Kier alpha value is -1.94. The lowest BCUT2D eigenvalue weighted by Gasteiger charge is -2.12. The second-order valence-electron chi connectivity index (χ2n) is 4.29. The quantitative estimate of drug-likeness (QED) is 0.630. The van der Waals surface area contributed by atoms with E-state index in [0.29, 0.717) is 11.1 Å². The molecule has 4 heteroatoms. The third kappa shape index (κ3) is 3.54. The van der Waals surface area contributed by atoms with Gasteiger partial charge >= 0.3 is 5.97 Å². The first-order valence-corrected chi connectivity index (χ1v) is 6.93. The van der Waals surface area contributed by atoms with Crippen molar-refractivity contribution in [2.45, 2.75) is 13.0 Å². The second kappa shape index (κ2) is 6.48. The fourth-order valence-corrected chi connectivity index (χ4v) is 2.13. The van der Waals surface area contributed by atoms with Gasteiger partial charge in [0, 0.05) is 10.0 Å². The van der Waals surface area contributed by atoms with Gasteiger partial charge in [-0.25, -0.2) is 4.79 Å². The Morgan fingerprint density at radius 1 is 1.00 bits per heavy atom. The van der Waals surface area contributed by atoms with Gasteiger partial charge in [0.2, 0.25) is 5.78 Å². The summed E-state index contributed by atoms with van der Waals surface area (Å²) in [5, 5.41) is 0. The van der Waals surface area contributed by atoms with E-state index in [1.807, 2.05) is 12.1 Å². The fourth-order valence-electron chi connectivity index (χ4n) is 1.73.